The number of nitrogens with one attached hydrogen (secondary N) is 2. The maximum absolute atomic E-state index is 14.6. The van der Waals surface area contributed by atoms with Crippen LogP contribution in [0.15, 0.2) is 36.5 Å². The van der Waals surface area contributed by atoms with Crippen LogP contribution < -0.4 is 15.4 Å². The Hall–Kier alpha value is -4.03. The summed E-state index contributed by atoms with van der Waals surface area (Å²) in [5.41, 5.74) is 0.720. The number of aromatic nitrogens is 2. The van der Waals surface area contributed by atoms with E-state index in [9.17, 15) is 23.2 Å². The first-order chi connectivity index (χ1) is 20.7. The summed E-state index contributed by atoms with van der Waals surface area (Å²) in [6.45, 7) is 3.65. The second-order valence-corrected chi connectivity index (χ2v) is 11.1. The van der Waals surface area contributed by atoms with E-state index in [1.165, 1.54) is 49.2 Å². The predicted octanol–water partition coefficient (Wildman–Crippen LogP) is 3.95. The molecule has 3 heterocycles. The van der Waals surface area contributed by atoms with Crippen LogP contribution in [-0.2, 0) is 11.8 Å². The number of halogens is 3. The summed E-state index contributed by atoms with van der Waals surface area (Å²) in [5.74, 6) is -2.86. The van der Waals surface area contributed by atoms with Crippen LogP contribution in [0, 0.1) is 17.6 Å². The second-order valence-electron chi connectivity index (χ2n) is 10.7. The van der Waals surface area contributed by atoms with Crippen LogP contribution >= 0.6 is 11.6 Å². The first kappa shape index (κ1) is 30.4. The van der Waals surface area contributed by atoms with E-state index in [1.807, 2.05) is 4.90 Å². The zero-order valence-electron chi connectivity index (χ0n) is 24.0. The third-order valence-electron chi connectivity index (χ3n) is 8.03. The molecule has 2 aromatic carbocycles. The maximum Gasteiger partial charge on any atom is 0.291 e. The molecule has 2 fully saturated rings. The van der Waals surface area contributed by atoms with Gasteiger partial charge in [-0.15, -0.1) is 0 Å². The van der Waals surface area contributed by atoms with Gasteiger partial charge in [0.1, 0.15) is 0 Å². The number of methoxy groups -OCH3 is 1. The topological polar surface area (TPSA) is 109 Å². The molecule has 2 aliphatic heterocycles. The van der Waals surface area contributed by atoms with Crippen LogP contribution in [0.3, 0.4) is 0 Å². The summed E-state index contributed by atoms with van der Waals surface area (Å²) < 4.78 is 35.0. The number of carbonyl (C=O) groups is 3. The van der Waals surface area contributed by atoms with Crippen molar-refractivity contribution in [2.45, 2.75) is 19.3 Å². The van der Waals surface area contributed by atoms with Gasteiger partial charge in [-0.1, -0.05) is 11.6 Å². The number of hydrogen-bond donors (Lipinski definition) is 2. The Morgan fingerprint density at radius 1 is 1.05 bits per heavy atom. The molecule has 2 N–H and O–H groups in total. The molecule has 2 saturated heterocycles. The largest absolute Gasteiger partial charge is 0.494 e. The highest BCUT2D eigenvalue weighted by Gasteiger charge is 2.28. The van der Waals surface area contributed by atoms with Crippen LogP contribution in [0.1, 0.15) is 40.2 Å². The van der Waals surface area contributed by atoms with Crippen molar-refractivity contribution in [3.8, 4) is 17.0 Å². The maximum atomic E-state index is 14.6. The minimum absolute atomic E-state index is 0.0468. The summed E-state index contributed by atoms with van der Waals surface area (Å²) in [4.78, 5) is 46.5. The highest BCUT2D eigenvalue weighted by molar-refractivity contribution is 6.34. The molecule has 3 aromatic rings. The average Bonchev–Trinajstić information content (AvgIpc) is 3.39. The molecule has 0 unspecified atom stereocenters. The Balaban J connectivity index is 1.20. The van der Waals surface area contributed by atoms with Gasteiger partial charge < -0.3 is 29.7 Å². The van der Waals surface area contributed by atoms with Crippen molar-refractivity contribution in [2.75, 3.05) is 51.7 Å². The molecule has 1 aromatic heterocycles. The zero-order chi connectivity index (χ0) is 30.7. The molecule has 13 heteroatoms. The van der Waals surface area contributed by atoms with Gasteiger partial charge in [0.2, 0.25) is 11.7 Å². The fourth-order valence-electron chi connectivity index (χ4n) is 5.50. The highest BCUT2D eigenvalue weighted by atomic mass is 35.5. The SMILES string of the molecule is COc1ccc(-c2cnc(C(=O)Nc3ccc(C(=O)N4CCN(C(=O)CC5CCNCC5)CC4)c(Cl)c3)n2C)c(F)c1F. The summed E-state index contributed by atoms with van der Waals surface area (Å²) in [6, 6.07) is 7.19. The number of hydrogen-bond acceptors (Lipinski definition) is 6. The molecule has 0 spiro atoms. The average molecular weight is 615 g/mol. The van der Waals surface area contributed by atoms with Crippen molar-refractivity contribution in [3.05, 3.63) is 64.6 Å². The number of amides is 3. The first-order valence-electron chi connectivity index (χ1n) is 14.1. The van der Waals surface area contributed by atoms with Gasteiger partial charge in [-0.2, -0.15) is 4.39 Å². The summed E-state index contributed by atoms with van der Waals surface area (Å²) >= 11 is 6.46. The molecule has 0 aliphatic carbocycles. The normalized spacial score (nSPS) is 15.8. The van der Waals surface area contributed by atoms with E-state index in [2.05, 4.69) is 15.6 Å². The lowest BCUT2D eigenvalue weighted by atomic mass is 9.94. The van der Waals surface area contributed by atoms with Crippen molar-refractivity contribution < 1.29 is 27.9 Å². The van der Waals surface area contributed by atoms with E-state index in [-0.39, 0.29) is 45.2 Å². The fourth-order valence-corrected chi connectivity index (χ4v) is 5.76. The van der Waals surface area contributed by atoms with Gasteiger partial charge in [-0.05, 0) is 62.2 Å². The van der Waals surface area contributed by atoms with E-state index in [0.29, 0.717) is 44.2 Å². The summed E-state index contributed by atoms with van der Waals surface area (Å²) in [7, 11) is 2.74. The standard InChI is InChI=1S/C30H33ClF2N6O4/c1-37-23(21-5-6-24(43-2)27(33)26(21)32)17-35-28(37)29(41)36-19-3-4-20(22(31)16-19)30(42)39-13-11-38(12-14-39)25(40)15-18-7-9-34-10-8-18/h3-6,16-18,34H,7-15H2,1-2H3,(H,36,41). The van der Waals surface area contributed by atoms with Crippen LogP contribution in [0.25, 0.3) is 11.3 Å². The number of carbonyl (C=O) groups excluding carboxylic acids is 3. The molecule has 5 rings (SSSR count). The number of piperidine rings is 1. The van der Waals surface area contributed by atoms with Crippen molar-refractivity contribution in [3.63, 3.8) is 0 Å². The molecule has 3 amide bonds. The Morgan fingerprint density at radius 3 is 2.42 bits per heavy atom. The number of nitrogens with zero attached hydrogens (tertiary/aromatic N) is 4. The minimum atomic E-state index is -1.14. The Bertz CT molecular complexity index is 1530. The minimum Gasteiger partial charge on any atom is -0.494 e. The van der Waals surface area contributed by atoms with Gasteiger partial charge in [0, 0.05) is 50.9 Å². The van der Waals surface area contributed by atoms with E-state index in [0.717, 1.165) is 25.9 Å². The monoisotopic (exact) mass is 614 g/mol. The zero-order valence-corrected chi connectivity index (χ0v) is 24.7. The molecule has 228 valence electrons. The van der Waals surface area contributed by atoms with Gasteiger partial charge >= 0.3 is 0 Å². The third-order valence-corrected chi connectivity index (χ3v) is 8.35. The molecule has 0 bridgehead atoms. The molecular weight excluding hydrogens is 582 g/mol. The van der Waals surface area contributed by atoms with Crippen molar-refractivity contribution in [2.24, 2.45) is 13.0 Å². The molecule has 0 radical (unpaired) electrons. The van der Waals surface area contributed by atoms with Gasteiger partial charge in [0.05, 0.1) is 29.6 Å². The Kier molecular flexibility index (Phi) is 9.26. The van der Waals surface area contributed by atoms with Crippen LogP contribution in [0.4, 0.5) is 14.5 Å². The molecule has 0 saturated carbocycles. The Labute approximate surface area is 252 Å². The number of benzene rings is 2. The van der Waals surface area contributed by atoms with Crippen LogP contribution in [0.5, 0.6) is 5.75 Å². The van der Waals surface area contributed by atoms with Crippen molar-refractivity contribution >= 4 is 35.0 Å². The lowest BCUT2D eigenvalue weighted by molar-refractivity contribution is -0.133. The number of piperazine rings is 1. The smallest absolute Gasteiger partial charge is 0.291 e. The van der Waals surface area contributed by atoms with Crippen LogP contribution in [-0.4, -0.2) is 83.5 Å². The molecular formula is C30H33ClF2N6O4. The van der Waals surface area contributed by atoms with E-state index >= 15 is 0 Å². The fraction of sp³-hybridized carbons (Fsp3) is 0.400. The number of rotatable bonds is 7. The molecule has 0 atom stereocenters. The van der Waals surface area contributed by atoms with E-state index < -0.39 is 17.5 Å². The predicted molar refractivity (Wildman–Crippen MR) is 157 cm³/mol. The van der Waals surface area contributed by atoms with Gasteiger partial charge in [0.25, 0.3) is 11.8 Å². The number of imidazole rings is 1. The van der Waals surface area contributed by atoms with Crippen molar-refractivity contribution in [1.29, 1.82) is 0 Å². The highest BCUT2D eigenvalue weighted by Crippen LogP contribution is 2.30. The quantitative estimate of drug-likeness (QED) is 0.417. The van der Waals surface area contributed by atoms with Gasteiger partial charge in [-0.3, -0.25) is 14.4 Å². The van der Waals surface area contributed by atoms with Crippen molar-refractivity contribution in [1.82, 2.24) is 24.7 Å². The van der Waals surface area contributed by atoms with Crippen LogP contribution in [0.2, 0.25) is 5.02 Å². The molecule has 2 aliphatic rings. The van der Waals surface area contributed by atoms with Gasteiger partial charge in [-0.25, -0.2) is 9.37 Å². The molecule has 43 heavy (non-hydrogen) atoms. The third kappa shape index (κ3) is 6.50. The Morgan fingerprint density at radius 2 is 1.74 bits per heavy atom. The van der Waals surface area contributed by atoms with Gasteiger partial charge in [0.15, 0.2) is 17.4 Å². The lowest BCUT2D eigenvalue weighted by Gasteiger charge is -2.36. The first-order valence-corrected chi connectivity index (χ1v) is 14.5. The summed E-state index contributed by atoms with van der Waals surface area (Å²) in [5, 5.41) is 6.15. The van der Waals surface area contributed by atoms with E-state index in [4.69, 9.17) is 16.3 Å². The number of ether oxygens (including phenoxy) is 1. The summed E-state index contributed by atoms with van der Waals surface area (Å²) in [6.07, 6.45) is 3.83. The lowest BCUT2D eigenvalue weighted by Crippen LogP contribution is -2.51. The number of anilines is 1. The molecule has 10 nitrogen and oxygen atoms in total. The van der Waals surface area contributed by atoms with E-state index in [1.54, 1.807) is 11.0 Å². The second kappa shape index (κ2) is 13.1.